The zero-order valence-corrected chi connectivity index (χ0v) is 15.7. The molecule has 0 spiro atoms. The van der Waals surface area contributed by atoms with Gasteiger partial charge in [0.25, 0.3) is 5.56 Å². The number of ether oxygens (including phenoxy) is 1. The Morgan fingerprint density at radius 3 is 2.77 bits per heavy atom. The maximum atomic E-state index is 14.3. The molecule has 2 heterocycles. The van der Waals surface area contributed by atoms with E-state index in [0.717, 1.165) is 5.56 Å². The largest absolute Gasteiger partial charge is 0.462 e. The third-order valence-corrected chi connectivity index (χ3v) is 4.86. The molecule has 0 radical (unpaired) electrons. The number of hydrogen-bond acceptors (Lipinski definition) is 6. The van der Waals surface area contributed by atoms with E-state index in [-0.39, 0.29) is 34.8 Å². The average Bonchev–Trinajstić information content (AvgIpc) is 2.96. The van der Waals surface area contributed by atoms with Crippen LogP contribution in [0.4, 0.5) is 15.9 Å². The minimum atomic E-state index is -0.617. The summed E-state index contributed by atoms with van der Waals surface area (Å²) in [4.78, 5) is 29.6. The van der Waals surface area contributed by atoms with E-state index in [1.54, 1.807) is 32.9 Å². The van der Waals surface area contributed by atoms with Gasteiger partial charge in [-0.25, -0.2) is 14.2 Å². The van der Waals surface area contributed by atoms with Crippen molar-refractivity contribution in [1.82, 2.24) is 9.55 Å². The quantitative estimate of drug-likeness (QED) is 0.705. The summed E-state index contributed by atoms with van der Waals surface area (Å²) in [6, 6.07) is 4.66. The minimum Gasteiger partial charge on any atom is -0.462 e. The van der Waals surface area contributed by atoms with Crippen LogP contribution in [0.1, 0.15) is 27.9 Å². The van der Waals surface area contributed by atoms with Crippen LogP contribution in [0.5, 0.6) is 0 Å². The second-order valence-electron chi connectivity index (χ2n) is 5.83. The third-order valence-electron chi connectivity index (χ3n) is 3.90. The molecule has 0 aliphatic heterocycles. The van der Waals surface area contributed by atoms with E-state index in [9.17, 15) is 14.0 Å². The highest BCUT2D eigenvalue weighted by atomic mass is 32.1. The maximum absolute atomic E-state index is 14.3. The molecular formula is C18H18FN3O3S. The van der Waals surface area contributed by atoms with E-state index in [2.05, 4.69) is 10.3 Å². The smallest absolute Gasteiger partial charge is 0.344 e. The highest BCUT2D eigenvalue weighted by molar-refractivity contribution is 7.18. The molecule has 0 bridgehead atoms. The Kier molecular flexibility index (Phi) is 4.78. The SMILES string of the molecule is CCOC(=O)c1c(Nc2ccc(C)cc2F)n(C)c(=O)c2sc(C)nc12. The standard InChI is InChI=1S/C18H18FN3O3S/c1-5-25-18(24)13-14-15(26-10(3)20-14)17(23)22(4)16(13)21-12-7-6-9(2)8-11(12)19/h6-8,21H,5H2,1-4H3. The fraction of sp³-hybridized carbons (Fsp3) is 0.278. The van der Waals surface area contributed by atoms with E-state index in [1.165, 1.54) is 29.0 Å². The molecule has 0 saturated heterocycles. The predicted molar refractivity (Wildman–Crippen MR) is 100.0 cm³/mol. The van der Waals surface area contributed by atoms with Crippen molar-refractivity contribution in [2.24, 2.45) is 7.05 Å². The molecule has 6 nitrogen and oxygen atoms in total. The third kappa shape index (κ3) is 3.08. The van der Waals surface area contributed by atoms with Crippen LogP contribution in [0.25, 0.3) is 10.2 Å². The Morgan fingerprint density at radius 1 is 1.38 bits per heavy atom. The van der Waals surface area contributed by atoms with Crippen molar-refractivity contribution >= 4 is 39.0 Å². The van der Waals surface area contributed by atoms with Crippen LogP contribution in [0, 0.1) is 19.7 Å². The number of carbonyl (C=O) groups is 1. The topological polar surface area (TPSA) is 73.2 Å². The summed E-state index contributed by atoms with van der Waals surface area (Å²) < 4.78 is 21.1. The summed E-state index contributed by atoms with van der Waals surface area (Å²) >= 11 is 1.21. The number of carbonyl (C=O) groups excluding carboxylic acids is 1. The summed E-state index contributed by atoms with van der Waals surface area (Å²) in [5.41, 5.74) is 0.992. The predicted octanol–water partition coefficient (Wildman–Crippen LogP) is 3.67. The lowest BCUT2D eigenvalue weighted by Crippen LogP contribution is -2.23. The fourth-order valence-electron chi connectivity index (χ4n) is 2.67. The van der Waals surface area contributed by atoms with Crippen molar-refractivity contribution in [2.45, 2.75) is 20.8 Å². The second kappa shape index (κ2) is 6.87. The fourth-order valence-corrected chi connectivity index (χ4v) is 3.57. The number of anilines is 2. The van der Waals surface area contributed by atoms with Gasteiger partial charge in [0, 0.05) is 7.05 Å². The highest BCUT2D eigenvalue weighted by Crippen LogP contribution is 2.30. The first-order chi connectivity index (χ1) is 12.3. The van der Waals surface area contributed by atoms with Gasteiger partial charge in [-0.15, -0.1) is 11.3 Å². The number of benzene rings is 1. The maximum Gasteiger partial charge on any atom is 0.344 e. The number of aryl methyl sites for hydroxylation is 2. The van der Waals surface area contributed by atoms with Gasteiger partial charge < -0.3 is 10.1 Å². The molecule has 0 unspecified atom stereocenters. The van der Waals surface area contributed by atoms with Crippen LogP contribution in [0.3, 0.4) is 0 Å². The molecule has 0 fully saturated rings. The summed E-state index contributed by atoms with van der Waals surface area (Å²) in [6.45, 7) is 5.39. The van der Waals surface area contributed by atoms with Crippen LogP contribution in [-0.4, -0.2) is 22.1 Å². The van der Waals surface area contributed by atoms with Gasteiger partial charge in [-0.05, 0) is 38.5 Å². The number of esters is 1. The zero-order valence-electron chi connectivity index (χ0n) is 14.8. The lowest BCUT2D eigenvalue weighted by Gasteiger charge is -2.16. The van der Waals surface area contributed by atoms with Crippen molar-refractivity contribution in [3.63, 3.8) is 0 Å². The number of thiazole rings is 1. The Labute approximate surface area is 153 Å². The molecule has 3 aromatic rings. The normalized spacial score (nSPS) is 11.0. The van der Waals surface area contributed by atoms with Crippen molar-refractivity contribution < 1.29 is 13.9 Å². The first-order valence-corrected chi connectivity index (χ1v) is 8.85. The van der Waals surface area contributed by atoms with Crippen LogP contribution < -0.4 is 10.9 Å². The molecule has 0 saturated carbocycles. The van der Waals surface area contributed by atoms with Gasteiger partial charge >= 0.3 is 5.97 Å². The molecular weight excluding hydrogens is 357 g/mol. The molecule has 8 heteroatoms. The van der Waals surface area contributed by atoms with Gasteiger partial charge in [-0.1, -0.05) is 6.07 Å². The Balaban J connectivity index is 2.28. The molecule has 136 valence electrons. The van der Waals surface area contributed by atoms with Gasteiger partial charge in [0.1, 0.15) is 27.4 Å². The lowest BCUT2D eigenvalue weighted by molar-refractivity contribution is 0.0529. The molecule has 0 aliphatic rings. The monoisotopic (exact) mass is 375 g/mol. The molecule has 1 aromatic carbocycles. The Morgan fingerprint density at radius 2 is 2.12 bits per heavy atom. The molecule has 0 atom stereocenters. The molecule has 0 aliphatic carbocycles. The Bertz CT molecular complexity index is 1070. The number of aromatic nitrogens is 2. The molecule has 26 heavy (non-hydrogen) atoms. The van der Waals surface area contributed by atoms with Crippen molar-refractivity contribution in [1.29, 1.82) is 0 Å². The molecule has 2 aromatic heterocycles. The first kappa shape index (κ1) is 18.1. The summed E-state index contributed by atoms with van der Waals surface area (Å²) in [6.07, 6.45) is 0. The number of pyridine rings is 1. The van der Waals surface area contributed by atoms with Crippen molar-refractivity contribution in [3.8, 4) is 0 Å². The first-order valence-electron chi connectivity index (χ1n) is 8.04. The van der Waals surface area contributed by atoms with Gasteiger partial charge in [-0.3, -0.25) is 9.36 Å². The molecule has 0 amide bonds. The van der Waals surface area contributed by atoms with Crippen LogP contribution in [0.15, 0.2) is 23.0 Å². The van der Waals surface area contributed by atoms with Crippen molar-refractivity contribution in [3.05, 3.63) is 50.5 Å². The molecule has 3 rings (SSSR count). The number of rotatable bonds is 4. The average molecular weight is 375 g/mol. The lowest BCUT2D eigenvalue weighted by atomic mass is 10.2. The minimum absolute atomic E-state index is 0.119. The van der Waals surface area contributed by atoms with E-state index in [1.807, 2.05) is 0 Å². The number of nitrogens with one attached hydrogen (secondary N) is 1. The number of halogens is 1. The van der Waals surface area contributed by atoms with Gasteiger partial charge in [-0.2, -0.15) is 0 Å². The number of hydrogen-bond donors (Lipinski definition) is 1. The summed E-state index contributed by atoms with van der Waals surface area (Å²) in [5, 5.41) is 3.52. The summed E-state index contributed by atoms with van der Waals surface area (Å²) in [5.74, 6) is -0.954. The van der Waals surface area contributed by atoms with E-state index >= 15 is 0 Å². The highest BCUT2D eigenvalue weighted by Gasteiger charge is 2.25. The second-order valence-corrected chi connectivity index (χ2v) is 7.03. The zero-order chi connectivity index (χ0) is 19.0. The number of fused-ring (bicyclic) bond motifs is 1. The van der Waals surface area contributed by atoms with Gasteiger partial charge in [0.05, 0.1) is 17.3 Å². The van der Waals surface area contributed by atoms with E-state index in [0.29, 0.717) is 9.71 Å². The van der Waals surface area contributed by atoms with E-state index < -0.39 is 11.8 Å². The van der Waals surface area contributed by atoms with Crippen LogP contribution >= 0.6 is 11.3 Å². The summed E-state index contributed by atoms with van der Waals surface area (Å²) in [7, 11) is 1.52. The number of nitrogens with zero attached hydrogens (tertiary/aromatic N) is 2. The van der Waals surface area contributed by atoms with Crippen molar-refractivity contribution in [2.75, 3.05) is 11.9 Å². The van der Waals surface area contributed by atoms with Crippen LogP contribution in [-0.2, 0) is 11.8 Å². The van der Waals surface area contributed by atoms with Gasteiger partial charge in [0.2, 0.25) is 0 Å². The van der Waals surface area contributed by atoms with E-state index in [4.69, 9.17) is 4.74 Å². The Hall–Kier alpha value is -2.74. The molecule has 1 N–H and O–H groups in total. The van der Waals surface area contributed by atoms with Gasteiger partial charge in [0.15, 0.2) is 0 Å². The van der Waals surface area contributed by atoms with Crippen LogP contribution in [0.2, 0.25) is 0 Å².